The number of anilines is 2. The molecule has 26 heavy (non-hydrogen) atoms. The van der Waals surface area contributed by atoms with Crippen LogP contribution in [0.3, 0.4) is 0 Å². The van der Waals surface area contributed by atoms with E-state index in [0.717, 1.165) is 5.56 Å². The van der Waals surface area contributed by atoms with E-state index in [9.17, 15) is 14.4 Å². The molecular weight excluding hydrogens is 334 g/mol. The molecule has 2 aromatic rings. The molecular formula is C19H19N3O4. The summed E-state index contributed by atoms with van der Waals surface area (Å²) in [4.78, 5) is 35.5. The van der Waals surface area contributed by atoms with E-state index in [-0.39, 0.29) is 30.7 Å². The third kappa shape index (κ3) is 4.38. The summed E-state index contributed by atoms with van der Waals surface area (Å²) < 4.78 is 5.46. The smallest absolute Gasteiger partial charge is 0.265 e. The third-order valence-electron chi connectivity index (χ3n) is 3.85. The van der Waals surface area contributed by atoms with Gasteiger partial charge in [-0.05, 0) is 30.7 Å². The molecule has 0 aromatic heterocycles. The number of benzene rings is 2. The summed E-state index contributed by atoms with van der Waals surface area (Å²) in [7, 11) is 0. The summed E-state index contributed by atoms with van der Waals surface area (Å²) in [5.41, 5.74) is 1.88. The SMILES string of the molecule is C[C@H]1Oc2ccc(NC(=O)CNC(=O)Cc3ccccc3)cc2NC1=O. The minimum absolute atomic E-state index is 0.136. The summed E-state index contributed by atoms with van der Waals surface area (Å²) >= 11 is 0. The largest absolute Gasteiger partial charge is 0.479 e. The van der Waals surface area contributed by atoms with Crippen LogP contribution in [0.25, 0.3) is 0 Å². The highest BCUT2D eigenvalue weighted by Crippen LogP contribution is 2.32. The van der Waals surface area contributed by atoms with E-state index >= 15 is 0 Å². The standard InChI is InChI=1S/C19H19N3O4/c1-12-19(25)22-15-10-14(7-8-16(15)26-12)21-18(24)11-20-17(23)9-13-5-3-2-4-6-13/h2-8,10,12H,9,11H2,1H3,(H,20,23)(H,21,24)(H,22,25)/t12-/m1/s1. The minimum Gasteiger partial charge on any atom is -0.479 e. The summed E-state index contributed by atoms with van der Waals surface area (Å²) in [6.45, 7) is 1.52. The summed E-state index contributed by atoms with van der Waals surface area (Å²) in [5, 5.41) is 7.97. The maximum absolute atomic E-state index is 12.0. The number of carbonyl (C=O) groups is 3. The van der Waals surface area contributed by atoms with E-state index < -0.39 is 6.10 Å². The van der Waals surface area contributed by atoms with Gasteiger partial charge in [-0.2, -0.15) is 0 Å². The molecule has 0 bridgehead atoms. The van der Waals surface area contributed by atoms with Crippen molar-refractivity contribution in [2.24, 2.45) is 0 Å². The van der Waals surface area contributed by atoms with E-state index in [2.05, 4.69) is 16.0 Å². The topological polar surface area (TPSA) is 96.5 Å². The zero-order chi connectivity index (χ0) is 18.5. The number of amides is 3. The van der Waals surface area contributed by atoms with Gasteiger partial charge in [0.25, 0.3) is 5.91 Å². The molecule has 1 aliphatic rings. The lowest BCUT2D eigenvalue weighted by Gasteiger charge is -2.23. The van der Waals surface area contributed by atoms with Crippen molar-refractivity contribution >= 4 is 29.1 Å². The zero-order valence-corrected chi connectivity index (χ0v) is 14.2. The maximum Gasteiger partial charge on any atom is 0.265 e. The second-order valence-electron chi connectivity index (χ2n) is 5.95. The molecule has 3 N–H and O–H groups in total. The number of rotatable bonds is 5. The lowest BCUT2D eigenvalue weighted by Crippen LogP contribution is -2.35. The van der Waals surface area contributed by atoms with Gasteiger partial charge in [-0.25, -0.2) is 0 Å². The van der Waals surface area contributed by atoms with Crippen LogP contribution in [0.1, 0.15) is 12.5 Å². The molecule has 0 radical (unpaired) electrons. The first-order valence-electron chi connectivity index (χ1n) is 8.23. The quantitative estimate of drug-likeness (QED) is 0.762. The first-order chi connectivity index (χ1) is 12.5. The molecule has 0 saturated carbocycles. The molecule has 1 atom stereocenters. The van der Waals surface area contributed by atoms with Crippen LogP contribution in [0.2, 0.25) is 0 Å². The molecule has 7 heteroatoms. The first kappa shape index (κ1) is 17.5. The minimum atomic E-state index is -0.553. The van der Waals surface area contributed by atoms with Gasteiger partial charge in [0.05, 0.1) is 18.7 Å². The van der Waals surface area contributed by atoms with Crippen molar-refractivity contribution in [3.05, 3.63) is 54.1 Å². The van der Waals surface area contributed by atoms with Crippen LogP contribution in [0, 0.1) is 0 Å². The Morgan fingerprint density at radius 2 is 1.88 bits per heavy atom. The van der Waals surface area contributed by atoms with E-state index in [0.29, 0.717) is 17.1 Å². The van der Waals surface area contributed by atoms with E-state index in [1.807, 2.05) is 30.3 Å². The molecule has 3 rings (SSSR count). The predicted molar refractivity (Wildman–Crippen MR) is 96.9 cm³/mol. The summed E-state index contributed by atoms with van der Waals surface area (Å²) in [5.74, 6) is -0.283. The van der Waals surface area contributed by atoms with Gasteiger partial charge in [0.1, 0.15) is 5.75 Å². The molecule has 0 aliphatic carbocycles. The zero-order valence-electron chi connectivity index (χ0n) is 14.2. The van der Waals surface area contributed by atoms with Crippen LogP contribution in [-0.2, 0) is 20.8 Å². The van der Waals surface area contributed by atoms with Crippen LogP contribution in [-0.4, -0.2) is 30.4 Å². The number of nitrogens with one attached hydrogen (secondary N) is 3. The van der Waals surface area contributed by atoms with Crippen LogP contribution in [0.4, 0.5) is 11.4 Å². The average Bonchev–Trinajstić information content (AvgIpc) is 2.62. The summed E-state index contributed by atoms with van der Waals surface area (Å²) in [6, 6.07) is 14.3. The Kier molecular flexibility index (Phi) is 5.17. The van der Waals surface area contributed by atoms with Gasteiger partial charge in [0, 0.05) is 5.69 Å². The Morgan fingerprint density at radius 3 is 2.65 bits per heavy atom. The molecule has 134 valence electrons. The predicted octanol–water partition coefficient (Wildman–Crippen LogP) is 1.70. The van der Waals surface area contributed by atoms with Crippen molar-refractivity contribution in [2.45, 2.75) is 19.4 Å². The van der Waals surface area contributed by atoms with Gasteiger partial charge >= 0.3 is 0 Å². The van der Waals surface area contributed by atoms with Gasteiger partial charge in [0.15, 0.2) is 6.10 Å². The highest BCUT2D eigenvalue weighted by atomic mass is 16.5. The molecule has 0 fully saturated rings. The summed E-state index contributed by atoms with van der Waals surface area (Å²) in [6.07, 6.45) is -0.336. The van der Waals surface area contributed by atoms with E-state index in [4.69, 9.17) is 4.74 Å². The Hall–Kier alpha value is -3.35. The first-order valence-corrected chi connectivity index (χ1v) is 8.23. The van der Waals surface area contributed by atoms with E-state index in [1.165, 1.54) is 0 Å². The lowest BCUT2D eigenvalue weighted by molar-refractivity contribution is -0.123. The van der Waals surface area contributed by atoms with Crippen LogP contribution in [0.15, 0.2) is 48.5 Å². The normalized spacial score (nSPS) is 15.3. The maximum atomic E-state index is 12.0. The average molecular weight is 353 g/mol. The van der Waals surface area contributed by atoms with Crippen molar-refractivity contribution in [2.75, 3.05) is 17.2 Å². The highest BCUT2D eigenvalue weighted by Gasteiger charge is 2.23. The highest BCUT2D eigenvalue weighted by molar-refractivity contribution is 5.99. The molecule has 0 saturated heterocycles. The second kappa shape index (κ2) is 7.69. The van der Waals surface area contributed by atoms with Gasteiger partial charge in [-0.1, -0.05) is 30.3 Å². The van der Waals surface area contributed by atoms with Crippen molar-refractivity contribution in [3.63, 3.8) is 0 Å². The Labute approximate surface area is 150 Å². The van der Waals surface area contributed by atoms with Gasteiger partial charge in [-0.3, -0.25) is 14.4 Å². The molecule has 2 aromatic carbocycles. The van der Waals surface area contributed by atoms with Crippen molar-refractivity contribution in [1.82, 2.24) is 5.32 Å². The van der Waals surface area contributed by atoms with Crippen LogP contribution in [0.5, 0.6) is 5.75 Å². The third-order valence-corrected chi connectivity index (χ3v) is 3.85. The number of ether oxygens (including phenoxy) is 1. The second-order valence-corrected chi connectivity index (χ2v) is 5.95. The Bertz CT molecular complexity index is 836. The lowest BCUT2D eigenvalue weighted by atomic mass is 10.1. The van der Waals surface area contributed by atoms with Crippen molar-refractivity contribution in [3.8, 4) is 5.75 Å². The van der Waals surface area contributed by atoms with Crippen molar-refractivity contribution in [1.29, 1.82) is 0 Å². The molecule has 1 aliphatic heterocycles. The van der Waals surface area contributed by atoms with Gasteiger partial charge in [-0.15, -0.1) is 0 Å². The molecule has 0 unspecified atom stereocenters. The number of fused-ring (bicyclic) bond motifs is 1. The number of hydrogen-bond acceptors (Lipinski definition) is 4. The molecule has 1 heterocycles. The monoisotopic (exact) mass is 353 g/mol. The molecule has 0 spiro atoms. The fraction of sp³-hybridized carbons (Fsp3) is 0.211. The molecule has 3 amide bonds. The van der Waals surface area contributed by atoms with Gasteiger partial charge < -0.3 is 20.7 Å². The molecule has 7 nitrogen and oxygen atoms in total. The number of carbonyl (C=O) groups excluding carboxylic acids is 3. The van der Waals surface area contributed by atoms with Crippen LogP contribution >= 0.6 is 0 Å². The number of hydrogen-bond donors (Lipinski definition) is 3. The Morgan fingerprint density at radius 1 is 1.12 bits per heavy atom. The fourth-order valence-corrected chi connectivity index (χ4v) is 2.51. The van der Waals surface area contributed by atoms with Crippen molar-refractivity contribution < 1.29 is 19.1 Å². The van der Waals surface area contributed by atoms with Crippen LogP contribution < -0.4 is 20.7 Å². The Balaban J connectivity index is 1.51. The fourth-order valence-electron chi connectivity index (χ4n) is 2.51. The van der Waals surface area contributed by atoms with Gasteiger partial charge in [0.2, 0.25) is 11.8 Å². The van der Waals surface area contributed by atoms with E-state index in [1.54, 1.807) is 25.1 Å².